The first kappa shape index (κ1) is 20.8. The molecule has 0 amide bonds. The van der Waals surface area contributed by atoms with Gasteiger partial charge in [0.15, 0.2) is 0 Å². The monoisotopic (exact) mass is 300 g/mol. The molecule has 0 rings (SSSR count). The maximum atomic E-state index is 3.58. The van der Waals surface area contributed by atoms with Crippen molar-refractivity contribution in [3.05, 3.63) is 0 Å². The van der Waals surface area contributed by atoms with E-state index in [4.69, 9.17) is 0 Å². The Labute approximate surface area is 133 Å². The van der Waals surface area contributed by atoms with Crippen LogP contribution in [0.15, 0.2) is 0 Å². The lowest BCUT2D eigenvalue weighted by Crippen LogP contribution is -2.46. The Morgan fingerprint density at radius 3 is 1.43 bits per heavy atom. The van der Waals surface area contributed by atoms with Gasteiger partial charge in [0, 0.05) is 56.4 Å². The fourth-order valence-electron chi connectivity index (χ4n) is 2.02. The van der Waals surface area contributed by atoms with Crippen molar-refractivity contribution >= 4 is 0 Å². The molecule has 128 valence electrons. The van der Waals surface area contributed by atoms with E-state index in [1.807, 2.05) is 0 Å². The zero-order valence-corrected chi connectivity index (χ0v) is 15.8. The van der Waals surface area contributed by atoms with Crippen molar-refractivity contribution in [2.75, 3.05) is 39.3 Å². The molecule has 0 aliphatic heterocycles. The summed E-state index contributed by atoms with van der Waals surface area (Å²) in [7, 11) is 0. The Morgan fingerprint density at radius 1 is 0.714 bits per heavy atom. The summed E-state index contributed by atoms with van der Waals surface area (Å²) in [5.41, 5.74) is 0.400. The van der Waals surface area contributed by atoms with Crippen LogP contribution >= 0.6 is 0 Å². The summed E-state index contributed by atoms with van der Waals surface area (Å²) in [6, 6.07) is 0.562. The van der Waals surface area contributed by atoms with Gasteiger partial charge in [-0.25, -0.2) is 0 Å². The predicted octanol–water partition coefficient (Wildman–Crippen LogP) is 2.06. The topological polar surface area (TPSA) is 39.3 Å². The lowest BCUT2D eigenvalue weighted by atomic mass is 10.1. The fourth-order valence-corrected chi connectivity index (χ4v) is 2.02. The summed E-state index contributed by atoms with van der Waals surface area (Å²) in [6.45, 7) is 24.2. The van der Waals surface area contributed by atoms with E-state index >= 15 is 0 Å². The first-order valence-corrected chi connectivity index (χ1v) is 8.45. The van der Waals surface area contributed by atoms with Crippen molar-refractivity contribution in [3.8, 4) is 0 Å². The van der Waals surface area contributed by atoms with E-state index in [1.54, 1.807) is 0 Å². The number of rotatable bonds is 10. The van der Waals surface area contributed by atoms with Gasteiger partial charge in [-0.3, -0.25) is 4.90 Å². The second-order valence-electron chi connectivity index (χ2n) is 8.30. The summed E-state index contributed by atoms with van der Waals surface area (Å²) in [4.78, 5) is 2.53. The Kier molecular flexibility index (Phi) is 9.70. The molecule has 0 aromatic carbocycles. The zero-order valence-electron chi connectivity index (χ0n) is 15.8. The lowest BCUT2D eigenvalue weighted by molar-refractivity contribution is 0.249. The van der Waals surface area contributed by atoms with Crippen molar-refractivity contribution < 1.29 is 0 Å². The van der Waals surface area contributed by atoms with E-state index in [0.717, 1.165) is 39.3 Å². The van der Waals surface area contributed by atoms with Crippen LogP contribution < -0.4 is 16.0 Å². The third-order valence-corrected chi connectivity index (χ3v) is 3.15. The molecule has 0 saturated heterocycles. The number of hydrogen-bond acceptors (Lipinski definition) is 4. The highest BCUT2D eigenvalue weighted by Gasteiger charge is 2.12. The smallest absolute Gasteiger partial charge is 0.0108 e. The first-order valence-electron chi connectivity index (χ1n) is 8.45. The molecular formula is C17H40N4. The second kappa shape index (κ2) is 9.78. The molecule has 0 aromatic rings. The summed E-state index contributed by atoms with van der Waals surface area (Å²) in [5.74, 6) is 0. The minimum atomic E-state index is 0.200. The lowest BCUT2D eigenvalue weighted by Gasteiger charge is -2.28. The molecule has 0 radical (unpaired) electrons. The van der Waals surface area contributed by atoms with Crippen LogP contribution in [0.5, 0.6) is 0 Å². The maximum Gasteiger partial charge on any atom is 0.0108 e. The maximum absolute atomic E-state index is 3.58. The SMILES string of the molecule is CC(C)NCCN(CCNC(C)(C)C)CCNC(C)(C)C. The molecule has 0 aliphatic carbocycles. The molecule has 0 aliphatic rings. The molecule has 0 atom stereocenters. The molecule has 0 bridgehead atoms. The van der Waals surface area contributed by atoms with E-state index in [0.29, 0.717) is 6.04 Å². The van der Waals surface area contributed by atoms with Gasteiger partial charge in [-0.1, -0.05) is 13.8 Å². The summed E-state index contributed by atoms with van der Waals surface area (Å²) < 4.78 is 0. The van der Waals surface area contributed by atoms with Crippen LogP contribution in [0, 0.1) is 0 Å². The largest absolute Gasteiger partial charge is 0.313 e. The van der Waals surface area contributed by atoms with E-state index in [9.17, 15) is 0 Å². The van der Waals surface area contributed by atoms with Gasteiger partial charge in [-0.15, -0.1) is 0 Å². The third kappa shape index (κ3) is 16.0. The van der Waals surface area contributed by atoms with Crippen LogP contribution in [-0.4, -0.2) is 61.3 Å². The number of nitrogens with zero attached hydrogens (tertiary/aromatic N) is 1. The number of hydrogen-bond donors (Lipinski definition) is 3. The van der Waals surface area contributed by atoms with Crippen molar-refractivity contribution in [2.24, 2.45) is 0 Å². The van der Waals surface area contributed by atoms with Gasteiger partial charge in [0.25, 0.3) is 0 Å². The molecule has 0 fully saturated rings. The van der Waals surface area contributed by atoms with E-state index in [1.165, 1.54) is 0 Å². The first-order chi connectivity index (χ1) is 9.49. The quantitative estimate of drug-likeness (QED) is 0.577. The Morgan fingerprint density at radius 2 is 1.10 bits per heavy atom. The average Bonchev–Trinajstić information content (AvgIpc) is 2.24. The van der Waals surface area contributed by atoms with Gasteiger partial charge in [-0.05, 0) is 41.5 Å². The number of nitrogens with one attached hydrogen (secondary N) is 3. The Bertz CT molecular complexity index is 230. The molecule has 0 saturated carbocycles. The van der Waals surface area contributed by atoms with Gasteiger partial charge in [0.05, 0.1) is 0 Å². The van der Waals surface area contributed by atoms with Gasteiger partial charge in [-0.2, -0.15) is 0 Å². The van der Waals surface area contributed by atoms with Gasteiger partial charge in [0.1, 0.15) is 0 Å². The molecule has 3 N–H and O–H groups in total. The fraction of sp³-hybridized carbons (Fsp3) is 1.00. The van der Waals surface area contributed by atoms with Gasteiger partial charge < -0.3 is 16.0 Å². The summed E-state index contributed by atoms with van der Waals surface area (Å²) >= 11 is 0. The van der Waals surface area contributed by atoms with Crippen LogP contribution in [-0.2, 0) is 0 Å². The molecule has 4 heteroatoms. The van der Waals surface area contributed by atoms with Crippen LogP contribution in [0.2, 0.25) is 0 Å². The minimum absolute atomic E-state index is 0.200. The van der Waals surface area contributed by atoms with E-state index < -0.39 is 0 Å². The minimum Gasteiger partial charge on any atom is -0.313 e. The van der Waals surface area contributed by atoms with Crippen molar-refractivity contribution in [1.82, 2.24) is 20.9 Å². The third-order valence-electron chi connectivity index (χ3n) is 3.15. The van der Waals surface area contributed by atoms with Gasteiger partial charge in [0.2, 0.25) is 0 Å². The standard InChI is InChI=1S/C17H40N4/c1-15(2)18-9-12-21(13-10-19-16(3,4)5)14-11-20-17(6,7)8/h15,18-20H,9-14H2,1-8H3. The van der Waals surface area contributed by atoms with Crippen LogP contribution in [0.4, 0.5) is 0 Å². The van der Waals surface area contributed by atoms with Crippen molar-refractivity contribution in [2.45, 2.75) is 72.5 Å². The highest BCUT2D eigenvalue weighted by atomic mass is 15.2. The second-order valence-corrected chi connectivity index (χ2v) is 8.30. The highest BCUT2D eigenvalue weighted by Crippen LogP contribution is 1.99. The summed E-state index contributed by atoms with van der Waals surface area (Å²) in [5, 5.41) is 10.7. The molecule has 0 unspecified atom stereocenters. The molecule has 0 aromatic heterocycles. The molecule has 0 heterocycles. The van der Waals surface area contributed by atoms with Crippen molar-refractivity contribution in [1.29, 1.82) is 0 Å². The average molecular weight is 301 g/mol. The van der Waals surface area contributed by atoms with Crippen LogP contribution in [0.25, 0.3) is 0 Å². The summed E-state index contributed by atoms with van der Waals surface area (Å²) in [6.07, 6.45) is 0. The zero-order chi connectivity index (χ0) is 16.5. The Balaban J connectivity index is 4.08. The van der Waals surface area contributed by atoms with Crippen LogP contribution in [0.1, 0.15) is 55.4 Å². The molecular weight excluding hydrogens is 260 g/mol. The highest BCUT2D eigenvalue weighted by molar-refractivity contribution is 4.74. The molecule has 4 nitrogen and oxygen atoms in total. The van der Waals surface area contributed by atoms with Crippen molar-refractivity contribution in [3.63, 3.8) is 0 Å². The predicted molar refractivity (Wildman–Crippen MR) is 95.1 cm³/mol. The Hall–Kier alpha value is -0.160. The van der Waals surface area contributed by atoms with E-state index in [2.05, 4.69) is 76.2 Å². The normalized spacial score (nSPS) is 13.4. The van der Waals surface area contributed by atoms with Crippen LogP contribution in [0.3, 0.4) is 0 Å². The van der Waals surface area contributed by atoms with E-state index in [-0.39, 0.29) is 11.1 Å². The molecule has 21 heavy (non-hydrogen) atoms. The molecule has 0 spiro atoms. The van der Waals surface area contributed by atoms with Gasteiger partial charge >= 0.3 is 0 Å².